The second kappa shape index (κ2) is 11.1. The molecule has 0 radical (unpaired) electrons. The topological polar surface area (TPSA) is 129 Å². The van der Waals surface area contributed by atoms with Crippen molar-refractivity contribution >= 4 is 17.7 Å². The van der Waals surface area contributed by atoms with Crippen molar-refractivity contribution < 1.29 is 28.7 Å². The van der Waals surface area contributed by atoms with Gasteiger partial charge in [-0.05, 0) is 49.4 Å². The lowest BCUT2D eigenvalue weighted by Crippen LogP contribution is -2.45. The molecule has 1 aliphatic rings. The number of ether oxygens (including phenoxy) is 3. The van der Waals surface area contributed by atoms with Crippen molar-refractivity contribution in [1.82, 2.24) is 10.6 Å². The predicted molar refractivity (Wildman–Crippen MR) is 133 cm³/mol. The largest absolute Gasteiger partial charge is 0.493 e. The van der Waals surface area contributed by atoms with E-state index >= 15 is 0 Å². The Kier molecular flexibility index (Phi) is 8.18. The number of methoxy groups -OCH3 is 1. The Bertz CT molecular complexity index is 1220. The maximum atomic E-state index is 12.9. The predicted octanol–water partition coefficient (Wildman–Crippen LogP) is 4.63. The van der Waals surface area contributed by atoms with Gasteiger partial charge in [0.15, 0.2) is 5.75 Å². The van der Waals surface area contributed by atoms with Gasteiger partial charge in [-0.2, -0.15) is 0 Å². The minimum Gasteiger partial charge on any atom is -0.493 e. The molecule has 192 valence electrons. The first-order valence-corrected chi connectivity index (χ1v) is 11.5. The quantitative estimate of drug-likeness (QED) is 0.294. The van der Waals surface area contributed by atoms with E-state index in [1.54, 1.807) is 6.92 Å². The first-order chi connectivity index (χ1) is 17.0. The Morgan fingerprint density at radius 2 is 1.89 bits per heavy atom. The third-order valence-corrected chi connectivity index (χ3v) is 5.72. The molecular weight excluding hydrogens is 466 g/mol. The van der Waals surface area contributed by atoms with Crippen LogP contribution in [-0.4, -0.2) is 30.6 Å². The Morgan fingerprint density at radius 1 is 1.17 bits per heavy atom. The number of nitrogens with one attached hydrogen (secondary N) is 2. The van der Waals surface area contributed by atoms with Crippen LogP contribution in [0.5, 0.6) is 11.5 Å². The molecule has 0 saturated heterocycles. The molecule has 0 fully saturated rings. The van der Waals surface area contributed by atoms with E-state index in [0.29, 0.717) is 5.70 Å². The number of nitrogens with zero attached hydrogens (tertiary/aromatic N) is 1. The number of urea groups is 1. The highest BCUT2D eigenvalue weighted by atomic mass is 16.6. The highest BCUT2D eigenvalue weighted by Crippen LogP contribution is 2.42. The Morgan fingerprint density at radius 3 is 2.53 bits per heavy atom. The lowest BCUT2D eigenvalue weighted by Gasteiger charge is -2.28. The van der Waals surface area contributed by atoms with E-state index < -0.39 is 23.0 Å². The summed E-state index contributed by atoms with van der Waals surface area (Å²) < 4.78 is 16.7. The summed E-state index contributed by atoms with van der Waals surface area (Å²) in [4.78, 5) is 36.6. The van der Waals surface area contributed by atoms with Crippen molar-refractivity contribution in [3.05, 3.63) is 74.0 Å². The molecule has 1 atom stereocenters. The van der Waals surface area contributed by atoms with Gasteiger partial charge in [-0.25, -0.2) is 9.59 Å². The van der Waals surface area contributed by atoms with E-state index in [1.807, 2.05) is 45.9 Å². The van der Waals surface area contributed by atoms with Gasteiger partial charge in [-0.15, -0.1) is 0 Å². The second-order valence-corrected chi connectivity index (χ2v) is 9.11. The van der Waals surface area contributed by atoms with Crippen LogP contribution in [0.3, 0.4) is 0 Å². The fraction of sp³-hybridized carbons (Fsp3) is 0.385. The zero-order chi connectivity index (χ0) is 26.6. The van der Waals surface area contributed by atoms with Gasteiger partial charge in [0.1, 0.15) is 6.61 Å². The summed E-state index contributed by atoms with van der Waals surface area (Å²) in [6, 6.07) is 7.15. The van der Waals surface area contributed by atoms with Crippen molar-refractivity contribution in [1.29, 1.82) is 0 Å². The number of nitro groups is 1. The molecule has 10 nitrogen and oxygen atoms in total. The number of allylic oxidation sites excluding steroid dienone is 1. The molecule has 36 heavy (non-hydrogen) atoms. The molecule has 3 rings (SSSR count). The maximum absolute atomic E-state index is 12.9. The SMILES string of the molecule is COc1cc(C2NC(=O)NC(C)=C2C(=O)OCC(C)C)cc([N+](=O)[O-])c1OCc1cc(C)ccc1C. The zero-order valence-corrected chi connectivity index (χ0v) is 21.3. The van der Waals surface area contributed by atoms with Gasteiger partial charge in [-0.1, -0.05) is 37.6 Å². The van der Waals surface area contributed by atoms with Crippen LogP contribution in [0.4, 0.5) is 10.5 Å². The van der Waals surface area contributed by atoms with Crippen LogP contribution in [0.25, 0.3) is 0 Å². The average molecular weight is 498 g/mol. The van der Waals surface area contributed by atoms with Crippen molar-refractivity contribution in [2.45, 2.75) is 47.3 Å². The van der Waals surface area contributed by atoms with Crippen molar-refractivity contribution in [2.24, 2.45) is 5.92 Å². The third kappa shape index (κ3) is 5.94. The summed E-state index contributed by atoms with van der Waals surface area (Å²) in [6.45, 7) is 9.54. The number of carbonyl (C=O) groups is 2. The number of aryl methyl sites for hydroxylation is 2. The summed E-state index contributed by atoms with van der Waals surface area (Å²) in [7, 11) is 1.37. The van der Waals surface area contributed by atoms with E-state index in [2.05, 4.69) is 10.6 Å². The molecule has 0 aromatic heterocycles. The molecule has 2 amide bonds. The van der Waals surface area contributed by atoms with Gasteiger partial charge in [0, 0.05) is 11.8 Å². The molecule has 0 aliphatic carbocycles. The van der Waals surface area contributed by atoms with Gasteiger partial charge >= 0.3 is 17.7 Å². The third-order valence-electron chi connectivity index (χ3n) is 5.72. The van der Waals surface area contributed by atoms with Crippen molar-refractivity contribution in [3.8, 4) is 11.5 Å². The number of hydrogen-bond acceptors (Lipinski definition) is 7. The van der Waals surface area contributed by atoms with Crippen LogP contribution in [0.15, 0.2) is 41.6 Å². The van der Waals surface area contributed by atoms with Gasteiger partial charge in [-0.3, -0.25) is 10.1 Å². The lowest BCUT2D eigenvalue weighted by molar-refractivity contribution is -0.386. The summed E-state index contributed by atoms with van der Waals surface area (Å²) >= 11 is 0. The van der Waals surface area contributed by atoms with E-state index in [4.69, 9.17) is 14.2 Å². The highest BCUT2D eigenvalue weighted by Gasteiger charge is 2.35. The summed E-state index contributed by atoms with van der Waals surface area (Å²) in [5.41, 5.74) is 3.29. The minimum absolute atomic E-state index is 0.0444. The molecular formula is C26H31N3O7. The van der Waals surface area contributed by atoms with Crippen LogP contribution >= 0.6 is 0 Å². The Hall–Kier alpha value is -4.08. The smallest absolute Gasteiger partial charge is 0.338 e. The number of carbonyl (C=O) groups excluding carboxylic acids is 2. The fourth-order valence-electron chi connectivity index (χ4n) is 3.85. The normalized spacial score (nSPS) is 15.3. The van der Waals surface area contributed by atoms with Gasteiger partial charge < -0.3 is 24.8 Å². The highest BCUT2D eigenvalue weighted by molar-refractivity contribution is 5.95. The van der Waals surface area contributed by atoms with Crippen LogP contribution in [-0.2, 0) is 16.1 Å². The summed E-state index contributed by atoms with van der Waals surface area (Å²) in [5.74, 6) is -0.466. The van der Waals surface area contributed by atoms with E-state index in [-0.39, 0.29) is 47.5 Å². The Labute approximate surface area is 209 Å². The van der Waals surface area contributed by atoms with Crippen LogP contribution in [0.1, 0.15) is 49.1 Å². The first-order valence-electron chi connectivity index (χ1n) is 11.5. The number of benzene rings is 2. The number of hydrogen-bond donors (Lipinski definition) is 2. The second-order valence-electron chi connectivity index (χ2n) is 9.11. The van der Waals surface area contributed by atoms with Crippen LogP contribution < -0.4 is 20.1 Å². The van der Waals surface area contributed by atoms with Crippen LogP contribution in [0.2, 0.25) is 0 Å². The van der Waals surface area contributed by atoms with E-state index in [1.165, 1.54) is 19.2 Å². The summed E-state index contributed by atoms with van der Waals surface area (Å²) in [5, 5.41) is 17.3. The zero-order valence-electron chi connectivity index (χ0n) is 21.3. The minimum atomic E-state index is -0.987. The molecule has 0 saturated carbocycles. The molecule has 1 unspecified atom stereocenters. The number of esters is 1. The molecule has 1 aliphatic heterocycles. The van der Waals surface area contributed by atoms with Gasteiger partial charge in [0.2, 0.25) is 5.75 Å². The van der Waals surface area contributed by atoms with Gasteiger partial charge in [0.25, 0.3) is 0 Å². The van der Waals surface area contributed by atoms with Crippen molar-refractivity contribution in [3.63, 3.8) is 0 Å². The maximum Gasteiger partial charge on any atom is 0.338 e. The van der Waals surface area contributed by atoms with Crippen LogP contribution in [0, 0.1) is 29.9 Å². The van der Waals surface area contributed by atoms with E-state index in [0.717, 1.165) is 16.7 Å². The molecule has 10 heteroatoms. The molecule has 2 aromatic carbocycles. The standard InChI is InChI=1S/C26H31N3O7/c1-14(2)12-36-25(30)22-17(5)27-26(31)28-23(22)18-10-20(29(32)33)24(21(11-18)34-6)35-13-19-9-15(3)7-8-16(19)4/h7-11,14,23H,12-13H2,1-6H3,(H2,27,28,31). The van der Waals surface area contributed by atoms with Crippen molar-refractivity contribution in [2.75, 3.05) is 13.7 Å². The molecule has 1 heterocycles. The molecule has 2 N–H and O–H groups in total. The van der Waals surface area contributed by atoms with Gasteiger partial charge in [0.05, 0.1) is 30.3 Å². The molecule has 0 bridgehead atoms. The number of rotatable bonds is 9. The molecule has 2 aromatic rings. The Balaban J connectivity index is 2.03. The first kappa shape index (κ1) is 26.5. The average Bonchev–Trinajstić information content (AvgIpc) is 2.81. The van der Waals surface area contributed by atoms with E-state index in [9.17, 15) is 19.7 Å². The summed E-state index contributed by atoms with van der Waals surface area (Å²) in [6.07, 6.45) is 0. The number of amides is 2. The lowest BCUT2D eigenvalue weighted by atomic mass is 9.94. The monoisotopic (exact) mass is 497 g/mol. The molecule has 0 spiro atoms. The number of nitro benzene ring substituents is 1. The fourth-order valence-corrected chi connectivity index (χ4v) is 3.85.